The third-order valence-corrected chi connectivity index (χ3v) is 4.53. The Kier molecular flexibility index (Phi) is 4.73. The lowest BCUT2D eigenvalue weighted by Gasteiger charge is -2.27. The Labute approximate surface area is 96.7 Å². The van der Waals surface area contributed by atoms with E-state index < -0.39 is 9.84 Å². The molecule has 0 bridgehead atoms. The van der Waals surface area contributed by atoms with Gasteiger partial charge >= 0.3 is 5.97 Å². The molecule has 0 saturated carbocycles. The summed E-state index contributed by atoms with van der Waals surface area (Å²) in [6.07, 6.45) is 0.715. The first-order chi connectivity index (χ1) is 7.44. The molecular formula is C10H19NO4S. The number of hydrogen-bond donors (Lipinski definition) is 0. The molecular weight excluding hydrogens is 230 g/mol. The summed E-state index contributed by atoms with van der Waals surface area (Å²) in [5.74, 6) is 0.146. The lowest BCUT2D eigenvalue weighted by atomic mass is 10.1. The van der Waals surface area contributed by atoms with Crippen LogP contribution in [0.5, 0.6) is 0 Å². The van der Waals surface area contributed by atoms with E-state index in [1.54, 1.807) is 0 Å². The zero-order valence-electron chi connectivity index (χ0n) is 9.81. The monoisotopic (exact) mass is 249 g/mol. The second-order valence-electron chi connectivity index (χ2n) is 4.21. The summed E-state index contributed by atoms with van der Waals surface area (Å²) in [5, 5.41) is 0. The van der Waals surface area contributed by atoms with E-state index in [1.165, 1.54) is 7.11 Å². The highest BCUT2D eigenvalue weighted by Crippen LogP contribution is 2.09. The van der Waals surface area contributed by atoms with Crippen LogP contribution in [0.1, 0.15) is 13.3 Å². The lowest BCUT2D eigenvalue weighted by Crippen LogP contribution is -2.41. The van der Waals surface area contributed by atoms with Crippen LogP contribution in [-0.2, 0) is 19.4 Å². The quantitative estimate of drug-likeness (QED) is 0.652. The second-order valence-corrected chi connectivity index (χ2v) is 6.51. The first-order valence-corrected chi connectivity index (χ1v) is 7.27. The highest BCUT2D eigenvalue weighted by Gasteiger charge is 2.22. The standard InChI is InChI=1S/C10H19NO4S/c1-9(10(12)15-2)3-4-11-5-7-16(13,14)8-6-11/h9H,3-8H2,1-2H3/t9-/m0/s1. The van der Waals surface area contributed by atoms with Crippen LogP contribution in [0.3, 0.4) is 0 Å². The van der Waals surface area contributed by atoms with Crippen LogP contribution in [-0.4, -0.2) is 57.5 Å². The molecule has 1 aliphatic heterocycles. The normalized spacial score (nSPS) is 22.6. The minimum Gasteiger partial charge on any atom is -0.469 e. The Morgan fingerprint density at radius 3 is 2.44 bits per heavy atom. The average Bonchev–Trinajstić information content (AvgIpc) is 2.26. The van der Waals surface area contributed by atoms with Crippen molar-refractivity contribution in [1.82, 2.24) is 4.90 Å². The van der Waals surface area contributed by atoms with E-state index in [0.717, 1.165) is 6.54 Å². The van der Waals surface area contributed by atoms with Gasteiger partial charge < -0.3 is 9.64 Å². The summed E-state index contributed by atoms with van der Waals surface area (Å²) in [6, 6.07) is 0. The molecule has 5 nitrogen and oxygen atoms in total. The fourth-order valence-electron chi connectivity index (χ4n) is 1.67. The molecule has 1 rings (SSSR count). The zero-order valence-corrected chi connectivity index (χ0v) is 10.6. The Bertz CT molecular complexity index is 325. The molecule has 0 radical (unpaired) electrons. The maximum absolute atomic E-state index is 11.2. The first-order valence-electron chi connectivity index (χ1n) is 5.45. The number of hydrogen-bond acceptors (Lipinski definition) is 5. The molecule has 1 heterocycles. The van der Waals surface area contributed by atoms with Crippen molar-refractivity contribution in [2.75, 3.05) is 38.2 Å². The van der Waals surface area contributed by atoms with Gasteiger partial charge in [-0.05, 0) is 13.0 Å². The van der Waals surface area contributed by atoms with Crippen LogP contribution in [0.2, 0.25) is 0 Å². The molecule has 0 aromatic carbocycles. The molecule has 0 unspecified atom stereocenters. The third kappa shape index (κ3) is 4.09. The number of esters is 1. The lowest BCUT2D eigenvalue weighted by molar-refractivity contribution is -0.145. The van der Waals surface area contributed by atoms with E-state index in [0.29, 0.717) is 19.5 Å². The largest absolute Gasteiger partial charge is 0.469 e. The van der Waals surface area contributed by atoms with Gasteiger partial charge in [0.05, 0.1) is 24.5 Å². The predicted octanol–water partition coefficient (Wildman–Crippen LogP) is -0.0840. The minimum absolute atomic E-state index is 0.122. The van der Waals surface area contributed by atoms with Crippen LogP contribution in [0.25, 0.3) is 0 Å². The number of carbonyl (C=O) groups is 1. The van der Waals surface area contributed by atoms with Crippen molar-refractivity contribution in [3.8, 4) is 0 Å². The number of nitrogens with zero attached hydrogens (tertiary/aromatic N) is 1. The Balaban J connectivity index is 2.27. The van der Waals surface area contributed by atoms with Crippen LogP contribution >= 0.6 is 0 Å². The van der Waals surface area contributed by atoms with Gasteiger partial charge in [-0.25, -0.2) is 8.42 Å². The molecule has 16 heavy (non-hydrogen) atoms. The van der Waals surface area contributed by atoms with E-state index >= 15 is 0 Å². The molecule has 0 N–H and O–H groups in total. The van der Waals surface area contributed by atoms with Crippen LogP contribution < -0.4 is 0 Å². The molecule has 1 fully saturated rings. The third-order valence-electron chi connectivity index (χ3n) is 2.92. The number of carbonyl (C=O) groups excluding carboxylic acids is 1. The number of sulfone groups is 1. The van der Waals surface area contributed by atoms with Crippen LogP contribution in [0, 0.1) is 5.92 Å². The van der Waals surface area contributed by atoms with Crippen molar-refractivity contribution < 1.29 is 17.9 Å². The van der Waals surface area contributed by atoms with Crippen molar-refractivity contribution in [3.63, 3.8) is 0 Å². The molecule has 1 aliphatic rings. The van der Waals surface area contributed by atoms with Crippen molar-refractivity contribution in [3.05, 3.63) is 0 Å². The highest BCUT2D eigenvalue weighted by atomic mass is 32.2. The average molecular weight is 249 g/mol. The van der Waals surface area contributed by atoms with E-state index in [1.807, 2.05) is 6.92 Å². The Morgan fingerprint density at radius 1 is 1.38 bits per heavy atom. The summed E-state index contributed by atoms with van der Waals surface area (Å²) in [7, 11) is -1.43. The van der Waals surface area contributed by atoms with Gasteiger partial charge in [-0.2, -0.15) is 0 Å². The molecule has 1 saturated heterocycles. The van der Waals surface area contributed by atoms with Crippen molar-refractivity contribution >= 4 is 15.8 Å². The highest BCUT2D eigenvalue weighted by molar-refractivity contribution is 7.91. The molecule has 0 aromatic rings. The maximum Gasteiger partial charge on any atom is 0.308 e. The van der Waals surface area contributed by atoms with Gasteiger partial charge in [-0.3, -0.25) is 4.79 Å². The van der Waals surface area contributed by atoms with Crippen molar-refractivity contribution in [2.24, 2.45) is 5.92 Å². The van der Waals surface area contributed by atoms with Crippen LogP contribution in [0.15, 0.2) is 0 Å². The van der Waals surface area contributed by atoms with Gasteiger partial charge in [0, 0.05) is 13.1 Å². The van der Waals surface area contributed by atoms with Crippen molar-refractivity contribution in [2.45, 2.75) is 13.3 Å². The summed E-state index contributed by atoms with van der Waals surface area (Å²) >= 11 is 0. The SMILES string of the molecule is COC(=O)[C@@H](C)CCN1CCS(=O)(=O)CC1. The number of ether oxygens (including phenoxy) is 1. The summed E-state index contributed by atoms with van der Waals surface area (Å²) in [5.41, 5.74) is 0. The summed E-state index contributed by atoms with van der Waals surface area (Å²) < 4.78 is 27.0. The van der Waals surface area contributed by atoms with E-state index in [2.05, 4.69) is 9.64 Å². The second kappa shape index (κ2) is 5.63. The smallest absolute Gasteiger partial charge is 0.308 e. The van der Waals surface area contributed by atoms with E-state index in [9.17, 15) is 13.2 Å². The molecule has 0 aliphatic carbocycles. The number of methoxy groups -OCH3 is 1. The summed E-state index contributed by atoms with van der Waals surface area (Å²) in [4.78, 5) is 13.2. The molecule has 6 heteroatoms. The minimum atomic E-state index is -2.81. The molecule has 94 valence electrons. The molecule has 0 amide bonds. The van der Waals surface area contributed by atoms with Gasteiger partial charge in [-0.1, -0.05) is 6.92 Å². The first kappa shape index (κ1) is 13.4. The molecule has 0 spiro atoms. The van der Waals surface area contributed by atoms with E-state index in [4.69, 9.17) is 0 Å². The Morgan fingerprint density at radius 2 is 1.94 bits per heavy atom. The molecule has 0 aromatic heterocycles. The van der Waals surface area contributed by atoms with Crippen molar-refractivity contribution in [1.29, 1.82) is 0 Å². The number of rotatable bonds is 4. The topological polar surface area (TPSA) is 63.7 Å². The van der Waals surface area contributed by atoms with Gasteiger partial charge in [-0.15, -0.1) is 0 Å². The van der Waals surface area contributed by atoms with Gasteiger partial charge in [0.25, 0.3) is 0 Å². The predicted molar refractivity (Wildman–Crippen MR) is 60.9 cm³/mol. The van der Waals surface area contributed by atoms with Crippen LogP contribution in [0.4, 0.5) is 0 Å². The fraction of sp³-hybridized carbons (Fsp3) is 0.900. The zero-order chi connectivity index (χ0) is 12.2. The summed E-state index contributed by atoms with van der Waals surface area (Å²) in [6.45, 7) is 3.74. The van der Waals surface area contributed by atoms with Gasteiger partial charge in [0.1, 0.15) is 0 Å². The van der Waals surface area contributed by atoms with Gasteiger partial charge in [0.15, 0.2) is 9.84 Å². The Hall–Kier alpha value is -0.620. The fourth-order valence-corrected chi connectivity index (χ4v) is 2.95. The maximum atomic E-state index is 11.2. The van der Waals surface area contributed by atoms with E-state index in [-0.39, 0.29) is 23.4 Å². The van der Waals surface area contributed by atoms with Gasteiger partial charge in [0.2, 0.25) is 0 Å². The molecule has 1 atom stereocenters.